The van der Waals surface area contributed by atoms with E-state index in [9.17, 15) is 0 Å². The lowest BCUT2D eigenvalue weighted by atomic mass is 10.2. The molecule has 1 N–H and O–H groups in total. The first-order valence-electron chi connectivity index (χ1n) is 5.52. The topological polar surface area (TPSA) is 47.0 Å². The molecule has 0 saturated heterocycles. The molecule has 4 heteroatoms. The van der Waals surface area contributed by atoms with Crippen LogP contribution in [-0.2, 0) is 6.42 Å². The number of hydrogen-bond donors (Lipinski definition) is 1. The van der Waals surface area contributed by atoms with Crippen LogP contribution < -0.4 is 10.1 Å². The van der Waals surface area contributed by atoms with Crippen molar-refractivity contribution in [3.63, 3.8) is 0 Å². The van der Waals surface area contributed by atoms with Crippen molar-refractivity contribution in [1.29, 1.82) is 0 Å². The number of rotatable bonds is 5. The third-order valence-electron chi connectivity index (χ3n) is 2.38. The third-order valence-corrected chi connectivity index (χ3v) is 2.38. The number of aromatic nitrogens is 2. The summed E-state index contributed by atoms with van der Waals surface area (Å²) in [6.45, 7) is 0.838. The molecule has 4 nitrogen and oxygen atoms in total. The van der Waals surface area contributed by atoms with Crippen LogP contribution in [0, 0.1) is 0 Å². The number of methoxy groups -OCH3 is 1. The summed E-state index contributed by atoms with van der Waals surface area (Å²) in [6.07, 6.45) is 4.47. The molecule has 0 aliphatic carbocycles. The molecule has 0 unspecified atom stereocenters. The molecule has 2 heterocycles. The molecule has 2 rings (SSSR count). The van der Waals surface area contributed by atoms with Gasteiger partial charge in [0.15, 0.2) is 0 Å². The Kier molecular flexibility index (Phi) is 3.91. The fraction of sp³-hybridized carbons (Fsp3) is 0.231. The highest BCUT2D eigenvalue weighted by atomic mass is 16.5. The Hall–Kier alpha value is -2.10. The van der Waals surface area contributed by atoms with Crippen molar-refractivity contribution in [2.75, 3.05) is 19.0 Å². The van der Waals surface area contributed by atoms with Crippen LogP contribution in [0.25, 0.3) is 0 Å². The Morgan fingerprint density at radius 2 is 2.12 bits per heavy atom. The number of ether oxygens (including phenoxy) is 1. The zero-order valence-corrected chi connectivity index (χ0v) is 9.76. The zero-order chi connectivity index (χ0) is 11.9. The first-order chi connectivity index (χ1) is 8.38. The molecule has 0 aliphatic rings. The first kappa shape index (κ1) is 11.4. The summed E-state index contributed by atoms with van der Waals surface area (Å²) in [5.74, 6) is 0.625. The molecule has 0 fully saturated rings. The predicted octanol–water partition coefficient (Wildman–Crippen LogP) is 2.14. The zero-order valence-electron chi connectivity index (χ0n) is 9.76. The van der Waals surface area contributed by atoms with E-state index in [1.54, 1.807) is 13.3 Å². The van der Waals surface area contributed by atoms with Crippen LogP contribution in [0.1, 0.15) is 5.69 Å². The van der Waals surface area contributed by atoms with Crippen molar-refractivity contribution in [3.8, 4) is 5.88 Å². The SMILES string of the molecule is COc1ccc(NCCc2ccccn2)cn1. The average Bonchev–Trinajstić information content (AvgIpc) is 2.41. The van der Waals surface area contributed by atoms with E-state index in [0.717, 1.165) is 24.3 Å². The fourth-order valence-electron chi connectivity index (χ4n) is 1.49. The Morgan fingerprint density at radius 1 is 1.18 bits per heavy atom. The molecule has 2 aromatic heterocycles. The molecule has 0 bridgehead atoms. The number of nitrogens with zero attached hydrogens (tertiary/aromatic N) is 2. The first-order valence-corrected chi connectivity index (χ1v) is 5.52. The lowest BCUT2D eigenvalue weighted by Crippen LogP contribution is -2.06. The highest BCUT2D eigenvalue weighted by Gasteiger charge is 1.96. The maximum atomic E-state index is 4.99. The van der Waals surface area contributed by atoms with Gasteiger partial charge >= 0.3 is 0 Å². The summed E-state index contributed by atoms with van der Waals surface area (Å²) in [5.41, 5.74) is 2.07. The smallest absolute Gasteiger partial charge is 0.213 e. The number of hydrogen-bond acceptors (Lipinski definition) is 4. The van der Waals surface area contributed by atoms with Gasteiger partial charge in [-0.15, -0.1) is 0 Å². The lowest BCUT2D eigenvalue weighted by Gasteiger charge is -2.06. The van der Waals surface area contributed by atoms with Gasteiger partial charge in [-0.1, -0.05) is 6.07 Å². The summed E-state index contributed by atoms with van der Waals surface area (Å²) in [5, 5.41) is 3.29. The Labute approximate surface area is 101 Å². The van der Waals surface area contributed by atoms with Gasteiger partial charge in [0, 0.05) is 30.9 Å². The number of anilines is 1. The van der Waals surface area contributed by atoms with Crippen molar-refractivity contribution in [1.82, 2.24) is 9.97 Å². The molecular formula is C13H15N3O. The highest BCUT2D eigenvalue weighted by molar-refractivity contribution is 5.42. The van der Waals surface area contributed by atoms with Gasteiger partial charge in [-0.3, -0.25) is 4.98 Å². The maximum absolute atomic E-state index is 4.99. The molecular weight excluding hydrogens is 214 g/mol. The van der Waals surface area contributed by atoms with Crippen LogP contribution >= 0.6 is 0 Å². The summed E-state index contributed by atoms with van der Waals surface area (Å²) in [7, 11) is 1.61. The summed E-state index contributed by atoms with van der Waals surface area (Å²) in [4.78, 5) is 8.38. The van der Waals surface area contributed by atoms with Crippen LogP contribution in [0.2, 0.25) is 0 Å². The summed E-state index contributed by atoms with van der Waals surface area (Å²) < 4.78 is 4.99. The van der Waals surface area contributed by atoms with Crippen molar-refractivity contribution in [3.05, 3.63) is 48.4 Å². The van der Waals surface area contributed by atoms with E-state index >= 15 is 0 Å². The second-order valence-electron chi connectivity index (χ2n) is 3.59. The van der Waals surface area contributed by atoms with Gasteiger partial charge in [0.05, 0.1) is 19.0 Å². The van der Waals surface area contributed by atoms with Gasteiger partial charge in [-0.05, 0) is 18.2 Å². The predicted molar refractivity (Wildman–Crippen MR) is 67.2 cm³/mol. The van der Waals surface area contributed by atoms with Crippen LogP contribution in [0.4, 0.5) is 5.69 Å². The maximum Gasteiger partial charge on any atom is 0.213 e. The molecule has 88 valence electrons. The van der Waals surface area contributed by atoms with Crippen LogP contribution in [0.5, 0.6) is 5.88 Å². The minimum absolute atomic E-state index is 0.625. The van der Waals surface area contributed by atoms with Gasteiger partial charge in [0.25, 0.3) is 0 Å². The average molecular weight is 229 g/mol. The van der Waals surface area contributed by atoms with E-state index in [2.05, 4.69) is 15.3 Å². The Balaban J connectivity index is 1.82. The minimum atomic E-state index is 0.625. The van der Waals surface area contributed by atoms with E-state index < -0.39 is 0 Å². The quantitative estimate of drug-likeness (QED) is 0.853. The van der Waals surface area contributed by atoms with Crippen molar-refractivity contribution < 1.29 is 4.74 Å². The summed E-state index contributed by atoms with van der Waals surface area (Å²) in [6, 6.07) is 9.73. The van der Waals surface area contributed by atoms with Crippen LogP contribution in [0.3, 0.4) is 0 Å². The van der Waals surface area contributed by atoms with E-state index in [1.165, 1.54) is 0 Å². The van der Waals surface area contributed by atoms with E-state index in [-0.39, 0.29) is 0 Å². The van der Waals surface area contributed by atoms with Gasteiger partial charge in [0.2, 0.25) is 5.88 Å². The highest BCUT2D eigenvalue weighted by Crippen LogP contribution is 2.10. The van der Waals surface area contributed by atoms with Gasteiger partial charge < -0.3 is 10.1 Å². The second-order valence-corrected chi connectivity index (χ2v) is 3.59. The molecule has 0 amide bonds. The standard InChI is InChI=1S/C13H15N3O/c1-17-13-6-5-12(10-16-13)15-9-7-11-4-2-3-8-14-11/h2-6,8,10,15H,7,9H2,1H3. The molecule has 0 spiro atoms. The van der Waals surface area contributed by atoms with E-state index in [4.69, 9.17) is 4.74 Å². The Morgan fingerprint density at radius 3 is 2.76 bits per heavy atom. The van der Waals surface area contributed by atoms with Crippen LogP contribution in [-0.4, -0.2) is 23.6 Å². The second kappa shape index (κ2) is 5.84. The fourth-order valence-corrected chi connectivity index (χ4v) is 1.49. The van der Waals surface area contributed by atoms with Crippen molar-refractivity contribution in [2.24, 2.45) is 0 Å². The van der Waals surface area contributed by atoms with E-state index in [0.29, 0.717) is 5.88 Å². The monoisotopic (exact) mass is 229 g/mol. The summed E-state index contributed by atoms with van der Waals surface area (Å²) >= 11 is 0. The molecule has 0 aliphatic heterocycles. The van der Waals surface area contributed by atoms with Gasteiger partial charge in [0.1, 0.15) is 0 Å². The Bertz CT molecular complexity index is 442. The van der Waals surface area contributed by atoms with E-state index in [1.807, 2.05) is 36.5 Å². The van der Waals surface area contributed by atoms with Crippen molar-refractivity contribution in [2.45, 2.75) is 6.42 Å². The minimum Gasteiger partial charge on any atom is -0.481 e. The van der Waals surface area contributed by atoms with Crippen LogP contribution in [0.15, 0.2) is 42.7 Å². The largest absolute Gasteiger partial charge is 0.481 e. The molecule has 0 aromatic carbocycles. The normalized spacial score (nSPS) is 9.94. The van der Waals surface area contributed by atoms with Crippen molar-refractivity contribution >= 4 is 5.69 Å². The molecule has 0 atom stereocenters. The number of pyridine rings is 2. The number of nitrogens with one attached hydrogen (secondary N) is 1. The molecule has 0 saturated carbocycles. The van der Waals surface area contributed by atoms with Gasteiger partial charge in [-0.2, -0.15) is 0 Å². The molecule has 17 heavy (non-hydrogen) atoms. The molecule has 2 aromatic rings. The third kappa shape index (κ3) is 3.45. The molecule has 0 radical (unpaired) electrons. The lowest BCUT2D eigenvalue weighted by molar-refractivity contribution is 0.398. The van der Waals surface area contributed by atoms with Gasteiger partial charge in [-0.25, -0.2) is 4.98 Å².